The van der Waals surface area contributed by atoms with Gasteiger partial charge in [0.15, 0.2) is 5.82 Å². The first kappa shape index (κ1) is 17.1. The highest BCUT2D eigenvalue weighted by atomic mass is 19.1. The number of anilines is 1. The van der Waals surface area contributed by atoms with E-state index in [0.29, 0.717) is 36.5 Å². The minimum atomic E-state index is -0.523. The molecule has 25 heavy (non-hydrogen) atoms. The Morgan fingerprint density at radius 2 is 2.20 bits per heavy atom. The zero-order valence-electron chi connectivity index (χ0n) is 14.0. The third-order valence-electron chi connectivity index (χ3n) is 4.32. The van der Waals surface area contributed by atoms with E-state index in [1.54, 1.807) is 36.1 Å². The molecule has 0 aliphatic carbocycles. The van der Waals surface area contributed by atoms with E-state index in [4.69, 9.17) is 4.52 Å². The van der Waals surface area contributed by atoms with E-state index in [2.05, 4.69) is 10.5 Å². The van der Waals surface area contributed by atoms with Crippen LogP contribution in [-0.4, -0.2) is 34.5 Å². The number of carbonyl (C=O) groups excluding carboxylic acids is 2. The summed E-state index contributed by atoms with van der Waals surface area (Å²) in [6.45, 7) is 2.27. The molecule has 2 amide bonds. The maximum atomic E-state index is 13.7. The van der Waals surface area contributed by atoms with Gasteiger partial charge in [0.1, 0.15) is 17.6 Å². The summed E-state index contributed by atoms with van der Waals surface area (Å²) in [4.78, 5) is 26.5. The number of aryl methyl sites for hydroxylation is 2. The van der Waals surface area contributed by atoms with E-state index < -0.39 is 6.04 Å². The summed E-state index contributed by atoms with van der Waals surface area (Å²) < 4.78 is 18.6. The average Bonchev–Trinajstić information content (AvgIpc) is 3.23. The number of likely N-dealkylation sites (tertiary alicyclic amines) is 1. The first-order chi connectivity index (χ1) is 12.0. The first-order valence-electron chi connectivity index (χ1n) is 8.31. The van der Waals surface area contributed by atoms with E-state index in [1.165, 1.54) is 6.07 Å². The second kappa shape index (κ2) is 7.46. The Labute approximate surface area is 145 Å². The molecule has 1 aliphatic heterocycles. The molecular weight excluding hydrogens is 325 g/mol. The van der Waals surface area contributed by atoms with E-state index in [1.807, 2.05) is 0 Å². The number of nitrogens with one attached hydrogen (secondary N) is 1. The lowest BCUT2D eigenvalue weighted by molar-refractivity contribution is -0.136. The molecule has 1 fully saturated rings. The lowest BCUT2D eigenvalue weighted by atomic mass is 10.1. The molecule has 1 atom stereocenters. The minimum absolute atomic E-state index is 0.141. The van der Waals surface area contributed by atoms with Crippen molar-refractivity contribution in [2.24, 2.45) is 0 Å². The van der Waals surface area contributed by atoms with Crippen LogP contribution in [0.4, 0.5) is 10.2 Å². The maximum absolute atomic E-state index is 13.7. The number of rotatable bonds is 5. The van der Waals surface area contributed by atoms with E-state index in [-0.39, 0.29) is 24.1 Å². The molecule has 7 heteroatoms. The zero-order valence-corrected chi connectivity index (χ0v) is 14.0. The second-order valence-corrected chi connectivity index (χ2v) is 6.15. The fraction of sp³-hybridized carbons (Fsp3) is 0.389. The van der Waals surface area contributed by atoms with Gasteiger partial charge < -0.3 is 14.7 Å². The van der Waals surface area contributed by atoms with Crippen LogP contribution in [0, 0.1) is 12.7 Å². The normalized spacial score (nSPS) is 16.9. The Morgan fingerprint density at radius 3 is 2.92 bits per heavy atom. The molecule has 2 heterocycles. The largest absolute Gasteiger partial charge is 0.360 e. The van der Waals surface area contributed by atoms with Gasteiger partial charge in [0, 0.05) is 19.0 Å². The van der Waals surface area contributed by atoms with Crippen LogP contribution in [0.2, 0.25) is 0 Å². The number of carbonyl (C=O) groups is 2. The Hall–Kier alpha value is -2.70. The van der Waals surface area contributed by atoms with Crippen LogP contribution < -0.4 is 5.32 Å². The van der Waals surface area contributed by atoms with Crippen LogP contribution in [-0.2, 0) is 16.0 Å². The van der Waals surface area contributed by atoms with Gasteiger partial charge in [-0.1, -0.05) is 23.4 Å². The van der Waals surface area contributed by atoms with Gasteiger partial charge in [0.05, 0.1) is 0 Å². The van der Waals surface area contributed by atoms with E-state index in [9.17, 15) is 14.0 Å². The molecule has 1 unspecified atom stereocenters. The van der Waals surface area contributed by atoms with Crippen molar-refractivity contribution in [1.82, 2.24) is 10.1 Å². The molecule has 1 saturated heterocycles. The van der Waals surface area contributed by atoms with Crippen molar-refractivity contribution < 1.29 is 18.5 Å². The van der Waals surface area contributed by atoms with Crippen molar-refractivity contribution >= 4 is 17.6 Å². The molecule has 0 spiro atoms. The van der Waals surface area contributed by atoms with Crippen LogP contribution in [0.5, 0.6) is 0 Å². The second-order valence-electron chi connectivity index (χ2n) is 6.15. The SMILES string of the molecule is Cc1cc(NC(=O)C2CCCN2C(=O)CCc2ccccc2F)no1. The fourth-order valence-corrected chi connectivity index (χ4v) is 3.06. The molecule has 1 aromatic heterocycles. The highest BCUT2D eigenvalue weighted by Crippen LogP contribution is 2.21. The lowest BCUT2D eigenvalue weighted by Crippen LogP contribution is -2.43. The summed E-state index contributed by atoms with van der Waals surface area (Å²) in [5, 5.41) is 6.41. The maximum Gasteiger partial charge on any atom is 0.248 e. The van der Waals surface area contributed by atoms with Gasteiger partial charge in [-0.2, -0.15) is 0 Å². The quantitative estimate of drug-likeness (QED) is 0.904. The summed E-state index contributed by atoms with van der Waals surface area (Å²) in [6, 6.07) is 7.51. The number of halogens is 1. The van der Waals surface area contributed by atoms with Gasteiger partial charge in [-0.15, -0.1) is 0 Å². The average molecular weight is 345 g/mol. The lowest BCUT2D eigenvalue weighted by Gasteiger charge is -2.23. The van der Waals surface area contributed by atoms with Crippen molar-refractivity contribution in [3.05, 3.63) is 47.5 Å². The summed E-state index contributed by atoms with van der Waals surface area (Å²) in [5.74, 6) is 0.211. The summed E-state index contributed by atoms with van der Waals surface area (Å²) in [5.41, 5.74) is 0.508. The Balaban J connectivity index is 1.59. The third-order valence-corrected chi connectivity index (χ3v) is 4.32. The van der Waals surface area contributed by atoms with Crippen LogP contribution in [0.15, 0.2) is 34.9 Å². The van der Waals surface area contributed by atoms with Crippen molar-refractivity contribution in [3.8, 4) is 0 Å². The monoisotopic (exact) mass is 345 g/mol. The van der Waals surface area contributed by atoms with Gasteiger partial charge in [0.2, 0.25) is 11.8 Å². The standard InChI is InChI=1S/C18H20FN3O3/c1-12-11-16(21-25-12)20-18(24)15-7-4-10-22(15)17(23)9-8-13-5-2-3-6-14(13)19/h2-3,5-6,11,15H,4,7-10H2,1H3,(H,20,21,24). The number of hydrogen-bond acceptors (Lipinski definition) is 4. The summed E-state index contributed by atoms with van der Waals surface area (Å²) >= 11 is 0. The van der Waals surface area contributed by atoms with E-state index >= 15 is 0 Å². The predicted molar refractivity (Wildman–Crippen MR) is 89.3 cm³/mol. The number of benzene rings is 1. The van der Waals surface area contributed by atoms with Crippen molar-refractivity contribution in [2.75, 3.05) is 11.9 Å². The Kier molecular flexibility index (Phi) is 5.11. The summed E-state index contributed by atoms with van der Waals surface area (Å²) in [7, 11) is 0. The van der Waals surface area contributed by atoms with Gasteiger partial charge in [-0.25, -0.2) is 4.39 Å². The number of hydrogen-bond donors (Lipinski definition) is 1. The minimum Gasteiger partial charge on any atom is -0.360 e. The number of amides is 2. The number of nitrogens with zero attached hydrogens (tertiary/aromatic N) is 2. The fourth-order valence-electron chi connectivity index (χ4n) is 3.06. The molecule has 1 aliphatic rings. The Bertz CT molecular complexity index is 774. The molecular formula is C18H20FN3O3. The topological polar surface area (TPSA) is 75.4 Å². The van der Waals surface area contributed by atoms with Crippen LogP contribution in [0.25, 0.3) is 0 Å². The predicted octanol–water partition coefficient (Wildman–Crippen LogP) is 2.68. The first-order valence-corrected chi connectivity index (χ1v) is 8.31. The molecule has 1 aromatic carbocycles. The molecule has 0 saturated carbocycles. The van der Waals surface area contributed by atoms with Crippen molar-refractivity contribution in [2.45, 2.75) is 38.6 Å². The van der Waals surface area contributed by atoms with Gasteiger partial charge in [-0.3, -0.25) is 9.59 Å². The van der Waals surface area contributed by atoms with Gasteiger partial charge >= 0.3 is 0 Å². The highest BCUT2D eigenvalue weighted by molar-refractivity contribution is 5.96. The van der Waals surface area contributed by atoms with Crippen LogP contribution in [0.1, 0.15) is 30.6 Å². The molecule has 2 aromatic rings. The smallest absolute Gasteiger partial charge is 0.248 e. The third kappa shape index (κ3) is 4.04. The van der Waals surface area contributed by atoms with Crippen LogP contribution >= 0.6 is 0 Å². The van der Waals surface area contributed by atoms with Crippen molar-refractivity contribution in [3.63, 3.8) is 0 Å². The number of aromatic nitrogens is 1. The molecule has 0 bridgehead atoms. The Morgan fingerprint density at radius 1 is 1.40 bits per heavy atom. The summed E-state index contributed by atoms with van der Waals surface area (Å²) in [6.07, 6.45) is 1.86. The highest BCUT2D eigenvalue weighted by Gasteiger charge is 2.34. The van der Waals surface area contributed by atoms with E-state index in [0.717, 1.165) is 6.42 Å². The van der Waals surface area contributed by atoms with Crippen LogP contribution in [0.3, 0.4) is 0 Å². The van der Waals surface area contributed by atoms with Gasteiger partial charge in [-0.05, 0) is 37.8 Å². The molecule has 3 rings (SSSR count). The van der Waals surface area contributed by atoms with Gasteiger partial charge in [0.25, 0.3) is 0 Å². The molecule has 6 nitrogen and oxygen atoms in total. The molecule has 1 N–H and O–H groups in total. The van der Waals surface area contributed by atoms with Crippen molar-refractivity contribution in [1.29, 1.82) is 0 Å². The zero-order chi connectivity index (χ0) is 17.8. The molecule has 0 radical (unpaired) electrons. The molecule has 132 valence electrons.